The predicted molar refractivity (Wildman–Crippen MR) is 66.2 cm³/mol. The van der Waals surface area contributed by atoms with Crippen LogP contribution in [0.4, 0.5) is 0 Å². The smallest absolute Gasteiger partial charge is 0.0439 e. The van der Waals surface area contributed by atoms with E-state index in [9.17, 15) is 0 Å². The van der Waals surface area contributed by atoms with Crippen molar-refractivity contribution in [2.45, 2.75) is 12.6 Å². The van der Waals surface area contributed by atoms with Crippen LogP contribution < -0.4 is 11.1 Å². The first kappa shape index (κ1) is 9.96. The fourth-order valence-electron chi connectivity index (χ4n) is 2.14. The summed E-state index contributed by atoms with van der Waals surface area (Å²) < 4.78 is 0. The Morgan fingerprint density at radius 1 is 1.50 bits per heavy atom. The van der Waals surface area contributed by atoms with Gasteiger partial charge < -0.3 is 11.1 Å². The molecule has 0 saturated carbocycles. The van der Waals surface area contributed by atoms with Crippen molar-refractivity contribution in [3.63, 3.8) is 0 Å². The molecule has 1 atom stereocenters. The summed E-state index contributed by atoms with van der Waals surface area (Å²) in [6.45, 7) is 1.80. The molecule has 2 aromatic rings. The average molecular weight is 231 g/mol. The molecular weight excluding hydrogens is 218 g/mol. The van der Waals surface area contributed by atoms with Crippen molar-refractivity contribution in [2.75, 3.05) is 6.54 Å². The Morgan fingerprint density at radius 2 is 2.44 bits per heavy atom. The normalized spacial score (nSPS) is 19.4. The Morgan fingerprint density at radius 3 is 3.25 bits per heavy atom. The molecule has 1 aliphatic rings. The Labute approximate surface area is 98.3 Å². The lowest BCUT2D eigenvalue weighted by molar-refractivity contribution is 0.564. The second-order valence-corrected chi connectivity index (χ2v) is 4.93. The van der Waals surface area contributed by atoms with Crippen LogP contribution in [0.25, 0.3) is 11.1 Å². The number of nitrogens with one attached hydrogen (secondary N) is 1. The molecular formula is C12H13N3S. The molecule has 16 heavy (non-hydrogen) atoms. The molecule has 0 amide bonds. The van der Waals surface area contributed by atoms with Crippen LogP contribution in [0.3, 0.4) is 0 Å². The highest BCUT2D eigenvalue weighted by atomic mass is 32.1. The summed E-state index contributed by atoms with van der Waals surface area (Å²) in [4.78, 5) is 5.52. The van der Waals surface area contributed by atoms with Crippen LogP contribution in [0.15, 0.2) is 29.9 Å². The standard InChI is InChI=1S/C12H13N3S/c13-10-5-15-6-11-12(10)9(7-16-11)8-2-1-3-14-4-8/h1-4,7,10,15H,5-6,13H2. The molecule has 1 unspecified atom stereocenters. The minimum atomic E-state index is 0.102. The first-order valence-electron chi connectivity index (χ1n) is 5.33. The number of rotatable bonds is 1. The van der Waals surface area contributed by atoms with Gasteiger partial charge in [-0.05, 0) is 22.6 Å². The monoisotopic (exact) mass is 231 g/mol. The molecule has 82 valence electrons. The Kier molecular flexibility index (Phi) is 2.47. The van der Waals surface area contributed by atoms with Crippen molar-refractivity contribution in [2.24, 2.45) is 5.73 Å². The second-order valence-electron chi connectivity index (χ2n) is 3.97. The van der Waals surface area contributed by atoms with Gasteiger partial charge in [0.25, 0.3) is 0 Å². The van der Waals surface area contributed by atoms with Crippen molar-refractivity contribution in [3.05, 3.63) is 40.3 Å². The van der Waals surface area contributed by atoms with Gasteiger partial charge in [-0.2, -0.15) is 0 Å². The molecule has 3 rings (SSSR count). The van der Waals surface area contributed by atoms with Crippen molar-refractivity contribution < 1.29 is 0 Å². The van der Waals surface area contributed by atoms with Gasteiger partial charge in [-0.25, -0.2) is 0 Å². The molecule has 3 N–H and O–H groups in total. The van der Waals surface area contributed by atoms with E-state index in [4.69, 9.17) is 5.73 Å². The zero-order valence-electron chi connectivity index (χ0n) is 8.81. The van der Waals surface area contributed by atoms with E-state index in [1.165, 1.54) is 16.0 Å². The van der Waals surface area contributed by atoms with Crippen LogP contribution in [-0.2, 0) is 6.54 Å². The molecule has 1 aliphatic heterocycles. The maximum Gasteiger partial charge on any atom is 0.0439 e. The summed E-state index contributed by atoms with van der Waals surface area (Å²) >= 11 is 1.78. The van der Waals surface area contributed by atoms with E-state index >= 15 is 0 Å². The van der Waals surface area contributed by atoms with Gasteiger partial charge in [-0.3, -0.25) is 4.98 Å². The van der Waals surface area contributed by atoms with Crippen molar-refractivity contribution in [1.29, 1.82) is 0 Å². The zero-order chi connectivity index (χ0) is 11.0. The molecule has 0 radical (unpaired) electrons. The minimum Gasteiger partial charge on any atom is -0.323 e. The number of nitrogens with zero attached hydrogens (tertiary/aromatic N) is 1. The van der Waals surface area contributed by atoms with E-state index in [0.717, 1.165) is 18.7 Å². The van der Waals surface area contributed by atoms with Gasteiger partial charge >= 0.3 is 0 Å². The molecule has 3 heterocycles. The summed E-state index contributed by atoms with van der Waals surface area (Å²) in [5.74, 6) is 0. The molecule has 0 fully saturated rings. The average Bonchev–Trinajstić information content (AvgIpc) is 2.75. The van der Waals surface area contributed by atoms with Gasteiger partial charge in [0.15, 0.2) is 0 Å². The molecule has 0 saturated heterocycles. The van der Waals surface area contributed by atoms with Gasteiger partial charge in [0.05, 0.1) is 0 Å². The van der Waals surface area contributed by atoms with E-state index in [1.54, 1.807) is 17.5 Å². The van der Waals surface area contributed by atoms with E-state index in [0.29, 0.717) is 0 Å². The van der Waals surface area contributed by atoms with Crippen LogP contribution in [0, 0.1) is 0 Å². The number of pyridine rings is 1. The van der Waals surface area contributed by atoms with Gasteiger partial charge in [-0.15, -0.1) is 11.3 Å². The number of fused-ring (bicyclic) bond motifs is 1. The number of hydrogen-bond donors (Lipinski definition) is 2. The van der Waals surface area contributed by atoms with E-state index in [-0.39, 0.29) is 6.04 Å². The van der Waals surface area contributed by atoms with Gasteiger partial charge in [-0.1, -0.05) is 6.07 Å². The van der Waals surface area contributed by atoms with Gasteiger partial charge in [0, 0.05) is 42.0 Å². The summed E-state index contributed by atoms with van der Waals surface area (Å²) in [5, 5.41) is 5.51. The molecule has 0 spiro atoms. The summed E-state index contributed by atoms with van der Waals surface area (Å²) in [7, 11) is 0. The summed E-state index contributed by atoms with van der Waals surface area (Å²) in [6.07, 6.45) is 3.70. The van der Waals surface area contributed by atoms with E-state index in [2.05, 4.69) is 21.7 Å². The predicted octanol–water partition coefficient (Wildman–Crippen LogP) is 1.91. The summed E-state index contributed by atoms with van der Waals surface area (Å²) in [5.41, 5.74) is 9.87. The highest BCUT2D eigenvalue weighted by Gasteiger charge is 2.22. The highest BCUT2D eigenvalue weighted by Crippen LogP contribution is 2.36. The molecule has 0 bridgehead atoms. The van der Waals surface area contributed by atoms with Crippen LogP contribution in [-0.4, -0.2) is 11.5 Å². The van der Waals surface area contributed by atoms with Gasteiger partial charge in [0.1, 0.15) is 0 Å². The van der Waals surface area contributed by atoms with Crippen LogP contribution in [0.2, 0.25) is 0 Å². The van der Waals surface area contributed by atoms with Crippen molar-refractivity contribution >= 4 is 11.3 Å². The second kappa shape index (κ2) is 3.97. The van der Waals surface area contributed by atoms with Crippen molar-refractivity contribution in [1.82, 2.24) is 10.3 Å². The molecule has 2 aromatic heterocycles. The topological polar surface area (TPSA) is 50.9 Å². The maximum absolute atomic E-state index is 6.15. The molecule has 0 aromatic carbocycles. The number of hydrogen-bond acceptors (Lipinski definition) is 4. The van der Waals surface area contributed by atoms with E-state index < -0.39 is 0 Å². The maximum atomic E-state index is 6.15. The first-order valence-corrected chi connectivity index (χ1v) is 6.21. The minimum absolute atomic E-state index is 0.102. The van der Waals surface area contributed by atoms with Crippen LogP contribution in [0.5, 0.6) is 0 Å². The van der Waals surface area contributed by atoms with Crippen LogP contribution in [0.1, 0.15) is 16.5 Å². The number of aromatic nitrogens is 1. The third kappa shape index (κ3) is 1.55. The first-order chi connectivity index (χ1) is 7.86. The largest absolute Gasteiger partial charge is 0.323 e. The molecule has 0 aliphatic carbocycles. The lowest BCUT2D eigenvalue weighted by atomic mass is 9.96. The van der Waals surface area contributed by atoms with E-state index in [1.807, 2.05) is 12.3 Å². The van der Waals surface area contributed by atoms with Crippen molar-refractivity contribution in [3.8, 4) is 11.1 Å². The molecule has 4 heteroatoms. The van der Waals surface area contributed by atoms with Crippen LogP contribution >= 0.6 is 11.3 Å². The lowest BCUT2D eigenvalue weighted by Gasteiger charge is -2.21. The Hall–Kier alpha value is -1.23. The fourth-order valence-corrected chi connectivity index (χ4v) is 3.24. The SMILES string of the molecule is NC1CNCc2scc(-c3cccnc3)c21. The number of thiophene rings is 1. The van der Waals surface area contributed by atoms with Gasteiger partial charge in [0.2, 0.25) is 0 Å². The lowest BCUT2D eigenvalue weighted by Crippen LogP contribution is -2.32. The number of nitrogens with two attached hydrogens (primary N) is 1. The highest BCUT2D eigenvalue weighted by molar-refractivity contribution is 7.10. The Bertz CT molecular complexity index is 492. The third-order valence-corrected chi connectivity index (χ3v) is 3.91. The fraction of sp³-hybridized carbons (Fsp3) is 0.250. The molecule has 3 nitrogen and oxygen atoms in total. The summed E-state index contributed by atoms with van der Waals surface area (Å²) in [6, 6.07) is 4.15. The quantitative estimate of drug-likeness (QED) is 0.788. The third-order valence-electron chi connectivity index (χ3n) is 2.90. The Balaban J connectivity index is 2.13. The zero-order valence-corrected chi connectivity index (χ0v) is 9.63.